The van der Waals surface area contributed by atoms with Gasteiger partial charge in [-0.3, -0.25) is 9.59 Å². The van der Waals surface area contributed by atoms with E-state index in [-0.39, 0.29) is 23.0 Å². The SMILES string of the molecule is O=C(CSC(c1ccccc1)c1ccc(Cl)cc1)Nc1ccc(NC(=O)C2CC2)cc1. The smallest absolute Gasteiger partial charge is 0.234 e. The fraction of sp³-hybridized carbons (Fsp3) is 0.200. The summed E-state index contributed by atoms with van der Waals surface area (Å²) in [5.74, 6) is 0.467. The van der Waals surface area contributed by atoms with Crippen molar-refractivity contribution in [2.24, 2.45) is 5.92 Å². The van der Waals surface area contributed by atoms with Crippen molar-refractivity contribution in [2.75, 3.05) is 16.4 Å². The van der Waals surface area contributed by atoms with Crippen LogP contribution in [0.4, 0.5) is 11.4 Å². The highest BCUT2D eigenvalue weighted by molar-refractivity contribution is 8.00. The first-order valence-electron chi connectivity index (χ1n) is 10.2. The molecule has 3 aromatic carbocycles. The molecule has 0 saturated heterocycles. The van der Waals surface area contributed by atoms with E-state index < -0.39 is 0 Å². The number of nitrogens with one attached hydrogen (secondary N) is 2. The van der Waals surface area contributed by atoms with Gasteiger partial charge in [0.25, 0.3) is 0 Å². The van der Waals surface area contributed by atoms with Crippen LogP contribution in [0, 0.1) is 5.92 Å². The lowest BCUT2D eigenvalue weighted by atomic mass is 10.0. The molecule has 0 aromatic heterocycles. The van der Waals surface area contributed by atoms with Gasteiger partial charge >= 0.3 is 0 Å². The number of carbonyl (C=O) groups excluding carboxylic acids is 2. The van der Waals surface area contributed by atoms with Crippen LogP contribution in [0.25, 0.3) is 0 Å². The molecule has 2 amide bonds. The molecule has 1 aliphatic rings. The number of thioether (sulfide) groups is 1. The van der Waals surface area contributed by atoms with Gasteiger partial charge in [-0.05, 0) is 60.4 Å². The van der Waals surface area contributed by atoms with Crippen LogP contribution in [0.15, 0.2) is 78.9 Å². The fourth-order valence-corrected chi connectivity index (χ4v) is 4.45. The zero-order valence-corrected chi connectivity index (χ0v) is 18.5. The summed E-state index contributed by atoms with van der Waals surface area (Å²) in [5.41, 5.74) is 3.69. The van der Waals surface area contributed by atoms with E-state index in [1.807, 2.05) is 54.6 Å². The lowest BCUT2D eigenvalue weighted by Crippen LogP contribution is -2.16. The van der Waals surface area contributed by atoms with E-state index >= 15 is 0 Å². The highest BCUT2D eigenvalue weighted by Gasteiger charge is 2.29. The van der Waals surface area contributed by atoms with E-state index in [2.05, 4.69) is 22.8 Å². The van der Waals surface area contributed by atoms with Gasteiger partial charge < -0.3 is 10.6 Å². The molecule has 6 heteroatoms. The largest absolute Gasteiger partial charge is 0.326 e. The summed E-state index contributed by atoms with van der Waals surface area (Å²) in [7, 11) is 0. The quantitative estimate of drug-likeness (QED) is 0.432. The minimum atomic E-state index is -0.0744. The molecule has 0 heterocycles. The van der Waals surface area contributed by atoms with Crippen LogP contribution >= 0.6 is 23.4 Å². The molecular formula is C25H23ClN2O2S. The lowest BCUT2D eigenvalue weighted by Gasteiger charge is -2.18. The number of anilines is 2. The van der Waals surface area contributed by atoms with Crippen molar-refractivity contribution in [1.82, 2.24) is 0 Å². The molecule has 0 spiro atoms. The van der Waals surface area contributed by atoms with Crippen molar-refractivity contribution in [3.63, 3.8) is 0 Å². The van der Waals surface area contributed by atoms with Crippen molar-refractivity contribution < 1.29 is 9.59 Å². The molecule has 3 aromatic rings. The average molecular weight is 451 g/mol. The fourth-order valence-electron chi connectivity index (χ4n) is 3.23. The van der Waals surface area contributed by atoms with Crippen LogP contribution in [0.2, 0.25) is 5.02 Å². The molecule has 1 unspecified atom stereocenters. The molecule has 1 fully saturated rings. The summed E-state index contributed by atoms with van der Waals surface area (Å²) in [5, 5.41) is 6.55. The number of hydrogen-bond acceptors (Lipinski definition) is 3. The molecule has 4 rings (SSSR count). The predicted molar refractivity (Wildman–Crippen MR) is 129 cm³/mol. The van der Waals surface area contributed by atoms with Gasteiger partial charge in [0.15, 0.2) is 0 Å². The second-order valence-corrected chi connectivity index (χ2v) is 9.07. The Bertz CT molecular complexity index is 1040. The summed E-state index contributed by atoms with van der Waals surface area (Å²) >= 11 is 7.61. The van der Waals surface area contributed by atoms with Crippen molar-refractivity contribution in [3.8, 4) is 0 Å². The maximum Gasteiger partial charge on any atom is 0.234 e. The van der Waals surface area contributed by atoms with Crippen molar-refractivity contribution in [3.05, 3.63) is 95.0 Å². The Balaban J connectivity index is 1.36. The van der Waals surface area contributed by atoms with Crippen LogP contribution in [-0.4, -0.2) is 17.6 Å². The van der Waals surface area contributed by atoms with Gasteiger partial charge in [-0.25, -0.2) is 0 Å². The van der Waals surface area contributed by atoms with E-state index in [4.69, 9.17) is 11.6 Å². The molecule has 31 heavy (non-hydrogen) atoms. The number of benzene rings is 3. The Morgan fingerprint density at radius 3 is 2.03 bits per heavy atom. The maximum atomic E-state index is 12.6. The molecule has 1 aliphatic carbocycles. The van der Waals surface area contributed by atoms with Crippen molar-refractivity contribution in [2.45, 2.75) is 18.1 Å². The number of rotatable bonds is 8. The third-order valence-electron chi connectivity index (χ3n) is 5.04. The van der Waals surface area contributed by atoms with E-state index in [0.29, 0.717) is 16.5 Å². The molecule has 0 radical (unpaired) electrons. The molecule has 1 saturated carbocycles. The summed E-state index contributed by atoms with van der Waals surface area (Å²) < 4.78 is 0. The normalized spacial score (nSPS) is 14.0. The molecule has 2 N–H and O–H groups in total. The first-order chi connectivity index (χ1) is 15.1. The van der Waals surface area contributed by atoms with E-state index in [9.17, 15) is 9.59 Å². The van der Waals surface area contributed by atoms with Gasteiger partial charge in [0.1, 0.15) is 0 Å². The number of carbonyl (C=O) groups is 2. The Hall–Kier alpha value is -2.76. The molecule has 4 nitrogen and oxygen atoms in total. The number of halogens is 1. The first kappa shape index (κ1) is 21.5. The summed E-state index contributed by atoms with van der Waals surface area (Å²) in [6, 6.07) is 25.1. The van der Waals surface area contributed by atoms with Gasteiger partial charge in [-0.1, -0.05) is 54.1 Å². The van der Waals surface area contributed by atoms with Crippen LogP contribution < -0.4 is 10.6 Å². The van der Waals surface area contributed by atoms with Gasteiger partial charge in [-0.15, -0.1) is 11.8 Å². The molecule has 158 valence electrons. The highest BCUT2D eigenvalue weighted by Crippen LogP contribution is 2.36. The molecule has 0 bridgehead atoms. The third-order valence-corrected chi connectivity index (χ3v) is 6.60. The number of hydrogen-bond donors (Lipinski definition) is 2. The third kappa shape index (κ3) is 6.12. The van der Waals surface area contributed by atoms with E-state index in [1.165, 1.54) is 0 Å². The van der Waals surface area contributed by atoms with Gasteiger partial charge in [0.05, 0.1) is 11.0 Å². The highest BCUT2D eigenvalue weighted by atomic mass is 35.5. The van der Waals surface area contributed by atoms with Gasteiger partial charge in [0, 0.05) is 22.3 Å². The average Bonchev–Trinajstić information content (AvgIpc) is 3.63. The van der Waals surface area contributed by atoms with Crippen molar-refractivity contribution >= 4 is 46.6 Å². The van der Waals surface area contributed by atoms with E-state index in [0.717, 1.165) is 29.7 Å². The van der Waals surface area contributed by atoms with Crippen LogP contribution in [0.1, 0.15) is 29.2 Å². The number of amides is 2. The Morgan fingerprint density at radius 1 is 0.839 bits per heavy atom. The predicted octanol–water partition coefficient (Wildman–Crippen LogP) is 6.15. The first-order valence-corrected chi connectivity index (χ1v) is 11.6. The monoisotopic (exact) mass is 450 g/mol. The second-order valence-electron chi connectivity index (χ2n) is 7.54. The van der Waals surface area contributed by atoms with Crippen LogP contribution in [0.5, 0.6) is 0 Å². The van der Waals surface area contributed by atoms with Gasteiger partial charge in [-0.2, -0.15) is 0 Å². The lowest BCUT2D eigenvalue weighted by molar-refractivity contribution is -0.117. The van der Waals surface area contributed by atoms with Crippen molar-refractivity contribution in [1.29, 1.82) is 0 Å². The minimum Gasteiger partial charge on any atom is -0.326 e. The maximum absolute atomic E-state index is 12.6. The van der Waals surface area contributed by atoms with Gasteiger partial charge in [0.2, 0.25) is 11.8 Å². The second kappa shape index (κ2) is 10.0. The van der Waals surface area contributed by atoms with Crippen LogP contribution in [-0.2, 0) is 9.59 Å². The summed E-state index contributed by atoms with van der Waals surface area (Å²) in [4.78, 5) is 24.4. The summed E-state index contributed by atoms with van der Waals surface area (Å²) in [6.07, 6.45) is 1.94. The van der Waals surface area contributed by atoms with E-state index in [1.54, 1.807) is 23.9 Å². The molecule has 1 atom stereocenters. The Kier molecular flexibility index (Phi) is 6.95. The molecule has 0 aliphatic heterocycles. The standard InChI is InChI=1S/C25H23ClN2O2S/c26-20-10-8-18(9-11-20)24(17-4-2-1-3-5-17)31-16-23(29)27-21-12-14-22(15-13-21)28-25(30)19-6-7-19/h1-5,8-15,19,24H,6-7,16H2,(H,27,29)(H,28,30). The topological polar surface area (TPSA) is 58.2 Å². The zero-order valence-electron chi connectivity index (χ0n) is 16.9. The minimum absolute atomic E-state index is 0.0317. The van der Waals surface area contributed by atoms with Crippen LogP contribution in [0.3, 0.4) is 0 Å². The molecular weight excluding hydrogens is 428 g/mol. The summed E-state index contributed by atoms with van der Waals surface area (Å²) in [6.45, 7) is 0. The zero-order chi connectivity index (χ0) is 21.6. The Labute approximate surface area is 191 Å². The Morgan fingerprint density at radius 2 is 1.42 bits per heavy atom.